The van der Waals surface area contributed by atoms with E-state index < -0.39 is 5.91 Å². The van der Waals surface area contributed by atoms with E-state index in [0.717, 1.165) is 22.2 Å². The van der Waals surface area contributed by atoms with E-state index in [-0.39, 0.29) is 23.5 Å². The largest absolute Gasteiger partial charge is 0.493 e. The van der Waals surface area contributed by atoms with Gasteiger partial charge in [-0.2, -0.15) is 0 Å². The molecule has 2 aromatic carbocycles. The van der Waals surface area contributed by atoms with Crippen LogP contribution in [0.2, 0.25) is 5.02 Å². The van der Waals surface area contributed by atoms with E-state index in [1.54, 1.807) is 42.7 Å². The third-order valence-corrected chi connectivity index (χ3v) is 7.27. The molecule has 3 heterocycles. The topological polar surface area (TPSA) is 87.2 Å². The molecule has 0 unspecified atom stereocenters. The van der Waals surface area contributed by atoms with E-state index in [1.165, 1.54) is 7.11 Å². The lowest BCUT2D eigenvalue weighted by molar-refractivity contribution is -0.123. The number of rotatable bonds is 7. The van der Waals surface area contributed by atoms with Crippen molar-refractivity contribution in [3.63, 3.8) is 0 Å². The summed E-state index contributed by atoms with van der Waals surface area (Å²) in [4.78, 5) is 31.2. The molecule has 0 N–H and O–H groups in total. The Labute approximate surface area is 224 Å². The van der Waals surface area contributed by atoms with Crippen LogP contribution in [0.25, 0.3) is 6.08 Å². The molecule has 1 saturated heterocycles. The molecule has 5 rings (SSSR count). The number of pyridine rings is 1. The Morgan fingerprint density at radius 2 is 1.92 bits per heavy atom. The number of amides is 2. The summed E-state index contributed by atoms with van der Waals surface area (Å²) in [6.07, 6.45) is 5.04. The summed E-state index contributed by atoms with van der Waals surface area (Å²) in [5.74, 6) is 1.66. The monoisotopic (exact) mass is 588 g/mol. The van der Waals surface area contributed by atoms with Crippen LogP contribution in [0.15, 0.2) is 58.2 Å². The first-order valence-electron chi connectivity index (χ1n) is 10.7. The van der Waals surface area contributed by atoms with Gasteiger partial charge in [0.05, 0.1) is 23.0 Å². The smallest absolute Gasteiger partial charge is 0.293 e. The molecule has 2 amide bonds. The molecule has 36 heavy (non-hydrogen) atoms. The summed E-state index contributed by atoms with van der Waals surface area (Å²) in [6, 6.07) is 10.6. The molecule has 1 aromatic heterocycles. The van der Waals surface area contributed by atoms with Crippen molar-refractivity contribution in [2.45, 2.75) is 13.2 Å². The third kappa shape index (κ3) is 5.02. The van der Waals surface area contributed by atoms with Crippen LogP contribution in [0.4, 0.5) is 4.79 Å². The average Bonchev–Trinajstić information content (AvgIpc) is 3.42. The minimum atomic E-state index is -0.410. The van der Waals surface area contributed by atoms with Crippen LogP contribution in [0, 0.1) is 0 Å². The minimum absolute atomic E-state index is 0.0201. The average molecular weight is 590 g/mol. The zero-order valence-electron chi connectivity index (χ0n) is 18.8. The number of hydrogen-bond acceptors (Lipinski definition) is 8. The molecule has 2 aliphatic rings. The van der Waals surface area contributed by atoms with Crippen molar-refractivity contribution in [2.24, 2.45) is 0 Å². The lowest BCUT2D eigenvalue weighted by Gasteiger charge is -2.14. The maximum absolute atomic E-state index is 13.1. The molecule has 3 aromatic rings. The zero-order valence-corrected chi connectivity index (χ0v) is 22.0. The highest BCUT2D eigenvalue weighted by molar-refractivity contribution is 9.10. The number of thioether (sulfide) groups is 1. The van der Waals surface area contributed by atoms with Crippen LogP contribution >= 0.6 is 39.3 Å². The number of fused-ring (bicyclic) bond motifs is 1. The van der Waals surface area contributed by atoms with Gasteiger partial charge >= 0.3 is 0 Å². The number of methoxy groups -OCH3 is 1. The normalized spacial score (nSPS) is 15.6. The molecule has 0 radical (unpaired) electrons. The molecule has 0 aliphatic carbocycles. The van der Waals surface area contributed by atoms with Crippen molar-refractivity contribution < 1.29 is 28.5 Å². The Morgan fingerprint density at radius 3 is 2.67 bits per heavy atom. The lowest BCUT2D eigenvalue weighted by atomic mass is 10.1. The fourth-order valence-corrected chi connectivity index (χ4v) is 5.26. The molecule has 184 valence electrons. The second-order valence-electron chi connectivity index (χ2n) is 7.74. The van der Waals surface area contributed by atoms with Gasteiger partial charge in [0.1, 0.15) is 6.61 Å². The molecule has 0 saturated carbocycles. The number of benzene rings is 2. The van der Waals surface area contributed by atoms with Gasteiger partial charge in [0.25, 0.3) is 11.1 Å². The van der Waals surface area contributed by atoms with Crippen molar-refractivity contribution in [3.05, 3.63) is 79.9 Å². The summed E-state index contributed by atoms with van der Waals surface area (Å²) in [5, 5.41) is 0.00150. The maximum Gasteiger partial charge on any atom is 0.293 e. The molecule has 2 aliphatic heterocycles. The first-order valence-corrected chi connectivity index (χ1v) is 12.6. The molecule has 0 atom stereocenters. The van der Waals surface area contributed by atoms with Gasteiger partial charge in [-0.05, 0) is 80.8 Å². The predicted octanol–water partition coefficient (Wildman–Crippen LogP) is 6.05. The van der Waals surface area contributed by atoms with E-state index in [9.17, 15) is 9.59 Å². The summed E-state index contributed by atoms with van der Waals surface area (Å²) < 4.78 is 22.8. The van der Waals surface area contributed by atoms with Crippen molar-refractivity contribution in [1.82, 2.24) is 9.88 Å². The molecule has 11 heteroatoms. The maximum atomic E-state index is 13.1. The van der Waals surface area contributed by atoms with Gasteiger partial charge in [-0.15, -0.1) is 0 Å². The number of nitrogens with zero attached hydrogens (tertiary/aromatic N) is 2. The van der Waals surface area contributed by atoms with E-state index in [2.05, 4.69) is 20.9 Å². The van der Waals surface area contributed by atoms with Crippen molar-refractivity contribution in [3.8, 4) is 23.0 Å². The van der Waals surface area contributed by atoms with Crippen LogP contribution < -0.4 is 18.9 Å². The van der Waals surface area contributed by atoms with E-state index >= 15 is 0 Å². The summed E-state index contributed by atoms with van der Waals surface area (Å²) in [6.45, 7) is 0.455. The van der Waals surface area contributed by atoms with Gasteiger partial charge in [-0.1, -0.05) is 11.6 Å². The molecule has 1 fully saturated rings. The molecule has 0 spiro atoms. The highest BCUT2D eigenvalue weighted by Gasteiger charge is 2.36. The van der Waals surface area contributed by atoms with Gasteiger partial charge in [-0.25, -0.2) is 0 Å². The lowest BCUT2D eigenvalue weighted by Crippen LogP contribution is -2.27. The molecule has 8 nitrogen and oxygen atoms in total. The second-order valence-corrected chi connectivity index (χ2v) is 10.00. The summed E-state index contributed by atoms with van der Waals surface area (Å²) in [5.41, 5.74) is 2.21. The number of aromatic nitrogens is 1. The summed E-state index contributed by atoms with van der Waals surface area (Å²) in [7, 11) is 1.54. The molecular formula is C25H18BrClN2O6S. The van der Waals surface area contributed by atoms with Gasteiger partial charge < -0.3 is 18.9 Å². The Morgan fingerprint density at radius 1 is 1.17 bits per heavy atom. The number of hydrogen-bond donors (Lipinski definition) is 0. The van der Waals surface area contributed by atoms with Crippen molar-refractivity contribution in [2.75, 3.05) is 13.9 Å². The van der Waals surface area contributed by atoms with Gasteiger partial charge in [0, 0.05) is 23.5 Å². The Balaban J connectivity index is 1.35. The van der Waals surface area contributed by atoms with E-state index in [1.807, 2.05) is 12.1 Å². The first-order chi connectivity index (χ1) is 17.4. The highest BCUT2D eigenvalue weighted by Crippen LogP contribution is 2.41. The Hall–Kier alpha value is -3.21. The van der Waals surface area contributed by atoms with Crippen molar-refractivity contribution in [1.29, 1.82) is 0 Å². The Kier molecular flexibility index (Phi) is 7.08. The van der Waals surface area contributed by atoms with E-state index in [0.29, 0.717) is 50.2 Å². The van der Waals surface area contributed by atoms with Gasteiger partial charge in [0.2, 0.25) is 6.79 Å². The molecular weight excluding hydrogens is 572 g/mol. The predicted molar refractivity (Wildman–Crippen MR) is 138 cm³/mol. The van der Waals surface area contributed by atoms with Crippen LogP contribution in [-0.2, 0) is 17.9 Å². The standard InChI is InChI=1S/C25H18BrClN2O6S/c1-32-21-7-15(6-17(26)23(21)33-12-14-2-4-28-5-3-14)8-22-24(30)29(25(31)36-22)11-16-9-19-20(10-18(16)27)35-13-34-19/h2-10H,11-13H2,1H3/b22-8-. The summed E-state index contributed by atoms with van der Waals surface area (Å²) >= 11 is 10.7. The van der Waals surface area contributed by atoms with Gasteiger partial charge in [-0.3, -0.25) is 19.5 Å². The number of carbonyl (C=O) groups excluding carboxylic acids is 2. The molecule has 0 bridgehead atoms. The number of ether oxygens (including phenoxy) is 4. The van der Waals surface area contributed by atoms with Crippen LogP contribution in [0.1, 0.15) is 16.7 Å². The minimum Gasteiger partial charge on any atom is -0.493 e. The second kappa shape index (κ2) is 10.4. The third-order valence-electron chi connectivity index (χ3n) is 5.43. The van der Waals surface area contributed by atoms with Crippen LogP contribution in [-0.4, -0.2) is 34.9 Å². The number of imide groups is 1. The first kappa shape index (κ1) is 24.5. The fourth-order valence-electron chi connectivity index (χ4n) is 3.64. The van der Waals surface area contributed by atoms with Gasteiger partial charge in [0.15, 0.2) is 23.0 Å². The number of carbonyl (C=O) groups is 2. The fraction of sp³-hybridized carbons (Fsp3) is 0.160. The number of halogens is 2. The highest BCUT2D eigenvalue weighted by atomic mass is 79.9. The SMILES string of the molecule is COc1cc(/C=C2\SC(=O)N(Cc3cc4c(cc3Cl)OCO4)C2=O)cc(Br)c1OCc1ccncc1. The quantitative estimate of drug-likeness (QED) is 0.308. The van der Waals surface area contributed by atoms with Crippen LogP contribution in [0.5, 0.6) is 23.0 Å². The zero-order chi connectivity index (χ0) is 25.2. The van der Waals surface area contributed by atoms with Crippen molar-refractivity contribution >= 4 is 56.5 Å². The Bertz CT molecular complexity index is 1380. The van der Waals surface area contributed by atoms with Crippen LogP contribution in [0.3, 0.4) is 0 Å². The van der Waals surface area contributed by atoms with E-state index in [4.69, 9.17) is 30.5 Å².